The number of rotatable bonds is 1. The second kappa shape index (κ2) is 5.20. The molecule has 1 aromatic heterocycles. The minimum Gasteiger partial charge on any atom is -0.357 e. The Morgan fingerprint density at radius 2 is 1.78 bits per heavy atom. The van der Waals surface area contributed by atoms with Gasteiger partial charge in [-0.15, -0.1) is 0 Å². The van der Waals surface area contributed by atoms with Crippen molar-refractivity contribution >= 4 is 10.9 Å². The van der Waals surface area contributed by atoms with Gasteiger partial charge in [-0.2, -0.15) is 0 Å². The number of hydrogen-bond acceptors (Lipinski definition) is 1. The van der Waals surface area contributed by atoms with Gasteiger partial charge in [-0.25, -0.2) is 4.39 Å². The maximum absolute atomic E-state index is 13.8. The van der Waals surface area contributed by atoms with Crippen LogP contribution in [0.5, 0.6) is 0 Å². The lowest BCUT2D eigenvalue weighted by Crippen LogP contribution is -2.30. The second-order valence-corrected chi connectivity index (χ2v) is 6.72. The van der Waals surface area contributed by atoms with Crippen molar-refractivity contribution in [3.8, 4) is 0 Å². The molecule has 0 radical (unpaired) electrons. The Balaban J connectivity index is 1.93. The largest absolute Gasteiger partial charge is 0.357 e. The summed E-state index contributed by atoms with van der Waals surface area (Å²) in [7, 11) is 0. The Kier molecular flexibility index (Phi) is 3.27. The zero-order chi connectivity index (χ0) is 16.1. The van der Waals surface area contributed by atoms with E-state index in [1.54, 1.807) is 12.1 Å². The molecule has 2 N–H and O–H groups in total. The van der Waals surface area contributed by atoms with Crippen LogP contribution in [0.4, 0.5) is 4.39 Å². The van der Waals surface area contributed by atoms with Gasteiger partial charge in [0.05, 0.1) is 6.04 Å². The number of H-pyrrole nitrogens is 1. The van der Waals surface area contributed by atoms with Crippen LogP contribution in [0.3, 0.4) is 0 Å². The van der Waals surface area contributed by atoms with Crippen LogP contribution in [0.25, 0.3) is 10.9 Å². The van der Waals surface area contributed by atoms with Crippen LogP contribution >= 0.6 is 0 Å². The van der Waals surface area contributed by atoms with Crippen LogP contribution in [0.2, 0.25) is 0 Å². The number of aromatic nitrogens is 1. The molecule has 118 valence electrons. The van der Waals surface area contributed by atoms with E-state index in [2.05, 4.69) is 42.3 Å². The van der Waals surface area contributed by atoms with Gasteiger partial charge in [-0.1, -0.05) is 12.1 Å². The molecule has 2 nitrogen and oxygen atoms in total. The van der Waals surface area contributed by atoms with Gasteiger partial charge in [-0.3, -0.25) is 0 Å². The lowest BCUT2D eigenvalue weighted by atomic mass is 9.92. The summed E-state index contributed by atoms with van der Waals surface area (Å²) >= 11 is 0. The SMILES string of the molecule is Cc1cc(F)cc(C2NCCc3c2[nH]c2cc(C)cc(C)c32)c1. The molecule has 1 unspecified atom stereocenters. The van der Waals surface area contributed by atoms with Crippen LogP contribution in [-0.4, -0.2) is 11.5 Å². The molecule has 0 saturated carbocycles. The number of fused-ring (bicyclic) bond motifs is 3. The molecule has 1 aliphatic rings. The van der Waals surface area contributed by atoms with Crippen molar-refractivity contribution in [1.82, 2.24) is 10.3 Å². The van der Waals surface area contributed by atoms with E-state index in [0.717, 1.165) is 24.1 Å². The molecule has 1 aliphatic heterocycles. The highest BCUT2D eigenvalue weighted by molar-refractivity contribution is 5.89. The van der Waals surface area contributed by atoms with Crippen LogP contribution < -0.4 is 5.32 Å². The van der Waals surface area contributed by atoms with Crippen molar-refractivity contribution in [2.45, 2.75) is 33.2 Å². The Bertz CT molecular complexity index is 887. The summed E-state index contributed by atoms with van der Waals surface area (Å²) in [4.78, 5) is 3.60. The van der Waals surface area contributed by atoms with Gasteiger partial charge in [0.1, 0.15) is 5.82 Å². The van der Waals surface area contributed by atoms with E-state index >= 15 is 0 Å². The third-order valence-corrected chi connectivity index (χ3v) is 4.79. The fourth-order valence-electron chi connectivity index (χ4n) is 3.99. The summed E-state index contributed by atoms with van der Waals surface area (Å²) in [5.41, 5.74) is 8.28. The highest BCUT2D eigenvalue weighted by Crippen LogP contribution is 2.35. The molecule has 1 atom stereocenters. The fraction of sp³-hybridized carbons (Fsp3) is 0.300. The maximum Gasteiger partial charge on any atom is 0.123 e. The normalized spacial score (nSPS) is 17.5. The number of aromatic amines is 1. The van der Waals surface area contributed by atoms with Crippen molar-refractivity contribution < 1.29 is 4.39 Å². The lowest BCUT2D eigenvalue weighted by Gasteiger charge is -2.25. The molecule has 0 amide bonds. The smallest absolute Gasteiger partial charge is 0.123 e. The van der Waals surface area contributed by atoms with Crippen molar-refractivity contribution in [2.75, 3.05) is 6.54 Å². The molecular formula is C20H21FN2. The molecule has 23 heavy (non-hydrogen) atoms. The first-order chi connectivity index (χ1) is 11.0. The Hall–Kier alpha value is -2.13. The van der Waals surface area contributed by atoms with Gasteiger partial charge < -0.3 is 10.3 Å². The summed E-state index contributed by atoms with van der Waals surface area (Å²) in [5, 5.41) is 4.88. The predicted octanol–water partition coefficient (Wildman–Crippen LogP) is 4.47. The van der Waals surface area contributed by atoms with E-state index in [9.17, 15) is 4.39 Å². The number of hydrogen-bond donors (Lipinski definition) is 2. The number of halogens is 1. The summed E-state index contributed by atoms with van der Waals surface area (Å²) in [5.74, 6) is -0.169. The van der Waals surface area contributed by atoms with Gasteiger partial charge in [-0.05, 0) is 73.2 Å². The van der Waals surface area contributed by atoms with Crippen LogP contribution in [-0.2, 0) is 6.42 Å². The monoisotopic (exact) mass is 308 g/mol. The first-order valence-corrected chi connectivity index (χ1v) is 8.15. The maximum atomic E-state index is 13.8. The zero-order valence-electron chi connectivity index (χ0n) is 13.8. The molecular weight excluding hydrogens is 287 g/mol. The fourth-order valence-corrected chi connectivity index (χ4v) is 3.99. The van der Waals surface area contributed by atoms with E-state index in [1.807, 2.05) is 6.92 Å². The van der Waals surface area contributed by atoms with Crippen molar-refractivity contribution in [2.24, 2.45) is 0 Å². The minimum atomic E-state index is -0.169. The second-order valence-electron chi connectivity index (χ2n) is 6.72. The molecule has 0 bridgehead atoms. The molecule has 0 spiro atoms. The van der Waals surface area contributed by atoms with E-state index in [-0.39, 0.29) is 11.9 Å². The van der Waals surface area contributed by atoms with Gasteiger partial charge in [0.2, 0.25) is 0 Å². The summed E-state index contributed by atoms with van der Waals surface area (Å²) in [6.07, 6.45) is 1.00. The zero-order valence-corrected chi connectivity index (χ0v) is 13.8. The van der Waals surface area contributed by atoms with Crippen LogP contribution in [0.15, 0.2) is 30.3 Å². The number of benzene rings is 2. The number of nitrogens with one attached hydrogen (secondary N) is 2. The summed E-state index contributed by atoms with van der Waals surface area (Å²) < 4.78 is 13.8. The van der Waals surface area contributed by atoms with Gasteiger partial charge in [0.15, 0.2) is 0 Å². The summed E-state index contributed by atoms with van der Waals surface area (Å²) in [6.45, 7) is 7.15. The molecule has 0 saturated heterocycles. The van der Waals surface area contributed by atoms with E-state index in [1.165, 1.54) is 33.3 Å². The molecule has 2 heterocycles. The molecule has 2 aromatic carbocycles. The standard InChI is InChI=1S/C20H21FN2/c1-11-6-13(3)18-16-4-5-22-19(20(16)23-17(18)9-11)14-7-12(2)8-15(21)10-14/h6-10,19,22-23H,4-5H2,1-3H3. The topological polar surface area (TPSA) is 27.8 Å². The molecule has 3 heteroatoms. The average molecular weight is 308 g/mol. The third-order valence-electron chi connectivity index (χ3n) is 4.79. The Morgan fingerprint density at radius 3 is 2.57 bits per heavy atom. The van der Waals surface area contributed by atoms with Crippen molar-refractivity contribution in [3.05, 3.63) is 69.7 Å². The number of aryl methyl sites for hydroxylation is 3. The van der Waals surface area contributed by atoms with E-state index in [4.69, 9.17) is 0 Å². The molecule has 3 aromatic rings. The van der Waals surface area contributed by atoms with Crippen molar-refractivity contribution in [3.63, 3.8) is 0 Å². The highest BCUT2D eigenvalue weighted by atomic mass is 19.1. The predicted molar refractivity (Wildman–Crippen MR) is 92.5 cm³/mol. The van der Waals surface area contributed by atoms with Crippen molar-refractivity contribution in [1.29, 1.82) is 0 Å². The van der Waals surface area contributed by atoms with E-state index in [0.29, 0.717) is 0 Å². The first-order valence-electron chi connectivity index (χ1n) is 8.15. The van der Waals surface area contributed by atoms with Crippen LogP contribution in [0, 0.1) is 26.6 Å². The van der Waals surface area contributed by atoms with Gasteiger partial charge in [0, 0.05) is 23.1 Å². The van der Waals surface area contributed by atoms with E-state index < -0.39 is 0 Å². The lowest BCUT2D eigenvalue weighted by molar-refractivity contribution is 0.553. The molecule has 4 rings (SSSR count). The molecule has 0 aliphatic carbocycles. The quantitative estimate of drug-likeness (QED) is 0.682. The Morgan fingerprint density at radius 1 is 1.00 bits per heavy atom. The van der Waals surface area contributed by atoms with Gasteiger partial charge in [0.25, 0.3) is 0 Å². The highest BCUT2D eigenvalue weighted by Gasteiger charge is 2.26. The first kappa shape index (κ1) is 14.5. The minimum absolute atomic E-state index is 0.0280. The Labute approximate surface area is 135 Å². The van der Waals surface area contributed by atoms with Crippen LogP contribution in [0.1, 0.15) is 39.6 Å². The average Bonchev–Trinajstić information content (AvgIpc) is 2.84. The third kappa shape index (κ3) is 2.36. The summed E-state index contributed by atoms with van der Waals surface area (Å²) in [6, 6.07) is 9.75. The molecule has 0 fully saturated rings. The van der Waals surface area contributed by atoms with Gasteiger partial charge >= 0.3 is 0 Å².